The van der Waals surface area contributed by atoms with E-state index < -0.39 is 11.7 Å². The summed E-state index contributed by atoms with van der Waals surface area (Å²) in [5.74, 6) is 0.681. The Morgan fingerprint density at radius 3 is 3.00 bits per heavy atom. The number of nitrogens with one attached hydrogen (secondary N) is 1. The molecule has 1 aliphatic rings. The van der Waals surface area contributed by atoms with Crippen LogP contribution in [0.5, 0.6) is 0 Å². The second kappa shape index (κ2) is 6.65. The Bertz CT molecular complexity index is 574. The maximum atomic E-state index is 11.9. The molecule has 0 unspecified atom stereocenters. The van der Waals surface area contributed by atoms with Crippen LogP contribution in [0.2, 0.25) is 0 Å². The van der Waals surface area contributed by atoms with E-state index in [1.165, 1.54) is 0 Å². The van der Waals surface area contributed by atoms with Crippen molar-refractivity contribution in [3.05, 3.63) is 23.9 Å². The molecule has 0 radical (unpaired) electrons. The van der Waals surface area contributed by atoms with E-state index in [2.05, 4.69) is 16.4 Å². The molecule has 2 rings (SSSR count). The lowest BCUT2D eigenvalue weighted by molar-refractivity contribution is 0.0500. The zero-order valence-corrected chi connectivity index (χ0v) is 13.3. The minimum Gasteiger partial charge on any atom is -0.444 e. The monoisotopic (exact) mass is 302 g/mol. The van der Waals surface area contributed by atoms with Crippen LogP contribution in [-0.4, -0.2) is 35.8 Å². The molecule has 6 heteroatoms. The molecule has 1 saturated heterocycles. The smallest absolute Gasteiger partial charge is 0.407 e. The molecule has 1 fully saturated rings. The van der Waals surface area contributed by atoms with Crippen molar-refractivity contribution >= 4 is 11.9 Å². The number of piperidine rings is 1. The van der Waals surface area contributed by atoms with Gasteiger partial charge in [-0.3, -0.25) is 0 Å². The van der Waals surface area contributed by atoms with Crippen molar-refractivity contribution in [3.63, 3.8) is 0 Å². The number of aromatic nitrogens is 1. The molecule has 0 bridgehead atoms. The first-order valence-corrected chi connectivity index (χ1v) is 7.48. The fraction of sp³-hybridized carbons (Fsp3) is 0.562. The number of nitriles is 1. The van der Waals surface area contributed by atoms with E-state index in [1.807, 2.05) is 25.7 Å². The van der Waals surface area contributed by atoms with Crippen molar-refractivity contribution in [3.8, 4) is 6.07 Å². The van der Waals surface area contributed by atoms with Crippen molar-refractivity contribution in [2.45, 2.75) is 45.3 Å². The third kappa shape index (κ3) is 4.35. The number of carbonyl (C=O) groups excluding carboxylic acids is 1. The molecular formula is C16H22N4O2. The average Bonchev–Trinajstić information content (AvgIpc) is 2.45. The highest BCUT2D eigenvalue weighted by molar-refractivity contribution is 5.68. The van der Waals surface area contributed by atoms with Crippen molar-refractivity contribution < 1.29 is 9.53 Å². The van der Waals surface area contributed by atoms with Gasteiger partial charge >= 0.3 is 6.09 Å². The topological polar surface area (TPSA) is 78.2 Å². The molecule has 0 aliphatic carbocycles. The number of rotatable bonds is 2. The van der Waals surface area contributed by atoms with Crippen LogP contribution >= 0.6 is 0 Å². The van der Waals surface area contributed by atoms with Crippen molar-refractivity contribution in [1.29, 1.82) is 5.26 Å². The van der Waals surface area contributed by atoms with Gasteiger partial charge in [-0.15, -0.1) is 0 Å². The van der Waals surface area contributed by atoms with Crippen LogP contribution in [0.15, 0.2) is 18.3 Å². The first-order valence-electron chi connectivity index (χ1n) is 7.48. The van der Waals surface area contributed by atoms with Gasteiger partial charge in [-0.25, -0.2) is 9.78 Å². The Kier molecular flexibility index (Phi) is 4.86. The average molecular weight is 302 g/mol. The quantitative estimate of drug-likeness (QED) is 0.908. The highest BCUT2D eigenvalue weighted by Gasteiger charge is 2.25. The van der Waals surface area contributed by atoms with E-state index in [1.54, 1.807) is 18.3 Å². The van der Waals surface area contributed by atoms with Gasteiger partial charge < -0.3 is 15.0 Å². The molecule has 0 saturated carbocycles. The normalized spacial score (nSPS) is 18.5. The van der Waals surface area contributed by atoms with Crippen LogP contribution < -0.4 is 10.2 Å². The summed E-state index contributed by atoms with van der Waals surface area (Å²) >= 11 is 0. The van der Waals surface area contributed by atoms with Gasteiger partial charge in [0.1, 0.15) is 17.5 Å². The fourth-order valence-corrected chi connectivity index (χ4v) is 2.50. The number of hydrogen-bond acceptors (Lipinski definition) is 5. The second-order valence-corrected chi connectivity index (χ2v) is 6.42. The Labute approximate surface area is 131 Å². The van der Waals surface area contributed by atoms with Crippen LogP contribution in [0.25, 0.3) is 0 Å². The van der Waals surface area contributed by atoms with E-state index >= 15 is 0 Å². The van der Waals surface area contributed by atoms with E-state index in [9.17, 15) is 10.1 Å². The van der Waals surface area contributed by atoms with Gasteiger partial charge in [0, 0.05) is 25.3 Å². The van der Waals surface area contributed by atoms with Gasteiger partial charge in [0.25, 0.3) is 0 Å². The zero-order valence-electron chi connectivity index (χ0n) is 13.3. The SMILES string of the molecule is CC(C)(C)OC(=O)N[C@H]1CCCN(c2ncccc2C#N)C1. The standard InChI is InChI=1S/C16H22N4O2/c1-16(2,3)22-15(21)19-13-7-5-9-20(11-13)14-12(10-17)6-4-8-18-14/h4,6,8,13H,5,7,9,11H2,1-3H3,(H,19,21)/t13-/m0/s1. The lowest BCUT2D eigenvalue weighted by Gasteiger charge is -2.34. The molecule has 1 aliphatic heterocycles. The summed E-state index contributed by atoms with van der Waals surface area (Å²) in [5, 5.41) is 12.1. The van der Waals surface area contributed by atoms with E-state index in [4.69, 9.17) is 4.74 Å². The van der Waals surface area contributed by atoms with Crippen molar-refractivity contribution in [2.75, 3.05) is 18.0 Å². The number of anilines is 1. The van der Waals surface area contributed by atoms with Gasteiger partial charge in [-0.2, -0.15) is 5.26 Å². The third-order valence-corrected chi connectivity index (χ3v) is 3.35. The van der Waals surface area contributed by atoms with Gasteiger partial charge in [0.2, 0.25) is 0 Å². The summed E-state index contributed by atoms with van der Waals surface area (Å²) in [5.41, 5.74) is 0.0494. The molecule has 0 spiro atoms. The maximum Gasteiger partial charge on any atom is 0.407 e. The summed E-state index contributed by atoms with van der Waals surface area (Å²) in [7, 11) is 0. The summed E-state index contributed by atoms with van der Waals surface area (Å²) in [6.07, 6.45) is 3.11. The number of carbonyl (C=O) groups is 1. The predicted octanol–water partition coefficient (Wildman–Crippen LogP) is 2.45. The number of alkyl carbamates (subject to hydrolysis) is 1. The van der Waals surface area contributed by atoms with Gasteiger partial charge in [0.15, 0.2) is 0 Å². The molecule has 0 aromatic carbocycles. The van der Waals surface area contributed by atoms with Gasteiger partial charge in [-0.05, 0) is 45.7 Å². The summed E-state index contributed by atoms with van der Waals surface area (Å²) in [6.45, 7) is 6.98. The van der Waals surface area contributed by atoms with Crippen molar-refractivity contribution in [1.82, 2.24) is 10.3 Å². The first-order chi connectivity index (χ1) is 10.4. The zero-order chi connectivity index (χ0) is 16.2. The Balaban J connectivity index is 2.00. The van der Waals surface area contributed by atoms with Gasteiger partial charge in [0.05, 0.1) is 5.56 Å². The molecule has 22 heavy (non-hydrogen) atoms. The number of nitrogens with zero attached hydrogens (tertiary/aromatic N) is 3. The first kappa shape index (κ1) is 16.1. The number of amides is 1. The Hall–Kier alpha value is -2.29. The summed E-state index contributed by atoms with van der Waals surface area (Å²) in [4.78, 5) is 18.2. The molecule has 1 atom stereocenters. The lowest BCUT2D eigenvalue weighted by atomic mass is 10.1. The highest BCUT2D eigenvalue weighted by Crippen LogP contribution is 2.21. The number of pyridine rings is 1. The number of hydrogen-bond donors (Lipinski definition) is 1. The van der Waals surface area contributed by atoms with E-state index in [0.29, 0.717) is 17.9 Å². The molecule has 2 heterocycles. The Morgan fingerprint density at radius 2 is 2.32 bits per heavy atom. The van der Waals surface area contributed by atoms with Crippen LogP contribution in [-0.2, 0) is 4.74 Å². The summed E-state index contributed by atoms with van der Waals surface area (Å²) in [6, 6.07) is 5.67. The highest BCUT2D eigenvalue weighted by atomic mass is 16.6. The van der Waals surface area contributed by atoms with Crippen molar-refractivity contribution in [2.24, 2.45) is 0 Å². The van der Waals surface area contributed by atoms with Crippen LogP contribution in [0.3, 0.4) is 0 Å². The van der Waals surface area contributed by atoms with E-state index in [-0.39, 0.29) is 6.04 Å². The molecule has 6 nitrogen and oxygen atoms in total. The minimum atomic E-state index is -0.507. The van der Waals surface area contributed by atoms with Crippen LogP contribution in [0.1, 0.15) is 39.2 Å². The molecule has 1 aromatic rings. The molecule has 1 aromatic heterocycles. The third-order valence-electron chi connectivity index (χ3n) is 3.35. The molecule has 1 N–H and O–H groups in total. The summed E-state index contributed by atoms with van der Waals surface area (Å²) < 4.78 is 5.29. The molecular weight excluding hydrogens is 280 g/mol. The predicted molar refractivity (Wildman–Crippen MR) is 83.6 cm³/mol. The molecule has 118 valence electrons. The lowest BCUT2D eigenvalue weighted by Crippen LogP contribution is -2.49. The van der Waals surface area contributed by atoms with Crippen LogP contribution in [0, 0.1) is 11.3 Å². The van der Waals surface area contributed by atoms with Crippen LogP contribution in [0.4, 0.5) is 10.6 Å². The van der Waals surface area contributed by atoms with Gasteiger partial charge in [-0.1, -0.05) is 0 Å². The van der Waals surface area contributed by atoms with E-state index in [0.717, 1.165) is 19.4 Å². The fourth-order valence-electron chi connectivity index (χ4n) is 2.50. The molecule has 1 amide bonds. The second-order valence-electron chi connectivity index (χ2n) is 6.42. The Morgan fingerprint density at radius 1 is 1.55 bits per heavy atom. The maximum absolute atomic E-state index is 11.9. The minimum absolute atomic E-state index is 0.00264. The number of ether oxygens (including phenoxy) is 1. The largest absolute Gasteiger partial charge is 0.444 e.